The lowest BCUT2D eigenvalue weighted by Crippen LogP contribution is -2.46. The van der Waals surface area contributed by atoms with Crippen molar-refractivity contribution < 1.29 is 29.3 Å². The number of carboxylic acids is 1. The van der Waals surface area contributed by atoms with Gasteiger partial charge in [-0.1, -0.05) is 129 Å². The topological polar surface area (TPSA) is 113 Å². The summed E-state index contributed by atoms with van der Waals surface area (Å²) in [4.78, 5) is 36.0. The Morgan fingerprint density at radius 2 is 1.03 bits per heavy atom. The van der Waals surface area contributed by atoms with Crippen molar-refractivity contribution >= 4 is 17.8 Å². The third-order valence-electron chi connectivity index (χ3n) is 6.86. The molecular weight excluding hydrogens is 470 g/mol. The number of aliphatic carboxylic acids is 1. The maximum atomic E-state index is 12.4. The van der Waals surface area contributed by atoms with E-state index < -0.39 is 36.3 Å². The Bertz CT molecular complexity index is 582. The second kappa shape index (κ2) is 24.7. The van der Waals surface area contributed by atoms with Crippen LogP contribution in [0.5, 0.6) is 0 Å². The van der Waals surface area contributed by atoms with E-state index in [1.54, 1.807) is 0 Å². The van der Waals surface area contributed by atoms with Gasteiger partial charge in [0.2, 0.25) is 5.91 Å². The predicted octanol–water partition coefficient (Wildman–Crippen LogP) is 7.08. The number of aliphatic hydroxyl groups is 1. The molecule has 3 N–H and O–H groups in total. The molecule has 0 bridgehead atoms. The van der Waals surface area contributed by atoms with Crippen molar-refractivity contribution in [3.8, 4) is 0 Å². The number of hydrogen-bond acceptors (Lipinski definition) is 5. The molecule has 0 aliphatic carbocycles. The number of nitrogens with one attached hydrogen (secondary N) is 1. The molecule has 0 spiro atoms. The number of esters is 1. The number of ether oxygens (including phenoxy) is 1. The van der Waals surface area contributed by atoms with Crippen molar-refractivity contribution in [2.24, 2.45) is 0 Å². The smallest absolute Gasteiger partial charge is 0.339 e. The van der Waals surface area contributed by atoms with Crippen LogP contribution in [0.3, 0.4) is 0 Å². The minimum atomic E-state index is -2.34. The van der Waals surface area contributed by atoms with Gasteiger partial charge < -0.3 is 20.3 Å². The fourth-order valence-electron chi connectivity index (χ4n) is 4.51. The predicted molar refractivity (Wildman–Crippen MR) is 149 cm³/mol. The Balaban J connectivity index is 4.04. The first kappa shape index (κ1) is 35.4. The monoisotopic (exact) mass is 527 g/mol. The van der Waals surface area contributed by atoms with Crippen molar-refractivity contribution in [3.05, 3.63) is 0 Å². The number of unbranched alkanes of at least 4 members (excludes halogenated alkanes) is 18. The fraction of sp³-hybridized carbons (Fsp3) is 0.900. The summed E-state index contributed by atoms with van der Waals surface area (Å²) in [7, 11) is 0. The van der Waals surface area contributed by atoms with Gasteiger partial charge in [-0.2, -0.15) is 0 Å². The summed E-state index contributed by atoms with van der Waals surface area (Å²) in [5, 5.41) is 22.5. The normalized spacial score (nSPS) is 12.7. The summed E-state index contributed by atoms with van der Waals surface area (Å²) in [6, 6.07) is 0. The van der Waals surface area contributed by atoms with Gasteiger partial charge >= 0.3 is 11.9 Å². The summed E-state index contributed by atoms with van der Waals surface area (Å²) < 4.78 is 5.16. The highest BCUT2D eigenvalue weighted by molar-refractivity contribution is 5.91. The van der Waals surface area contributed by atoms with Gasteiger partial charge in [0.15, 0.2) is 5.60 Å². The number of carbonyl (C=O) groups excluding carboxylic acids is 2. The molecule has 0 aromatic carbocycles. The van der Waals surface area contributed by atoms with Gasteiger partial charge in [0.05, 0.1) is 19.4 Å². The molecule has 37 heavy (non-hydrogen) atoms. The summed E-state index contributed by atoms with van der Waals surface area (Å²) in [6.07, 6.45) is 21.9. The second-order valence-electron chi connectivity index (χ2n) is 10.6. The molecule has 0 aliphatic rings. The Morgan fingerprint density at radius 1 is 0.622 bits per heavy atom. The van der Waals surface area contributed by atoms with Crippen LogP contribution in [-0.2, 0) is 19.1 Å². The first-order chi connectivity index (χ1) is 17.9. The van der Waals surface area contributed by atoms with Crippen LogP contribution in [0.4, 0.5) is 0 Å². The van der Waals surface area contributed by atoms with Crippen LogP contribution in [0.2, 0.25) is 0 Å². The van der Waals surface area contributed by atoms with E-state index in [-0.39, 0.29) is 6.61 Å². The summed E-state index contributed by atoms with van der Waals surface area (Å²) in [5.41, 5.74) is -2.34. The number of carboxylic acid groups (broad SMARTS) is 1. The zero-order valence-electron chi connectivity index (χ0n) is 24.0. The molecule has 0 fully saturated rings. The quantitative estimate of drug-likeness (QED) is 0.0777. The number of rotatable bonds is 27. The van der Waals surface area contributed by atoms with Crippen LogP contribution in [0.1, 0.15) is 155 Å². The minimum Gasteiger partial charge on any atom is -0.481 e. The second-order valence-corrected chi connectivity index (χ2v) is 10.6. The Morgan fingerprint density at radius 3 is 1.46 bits per heavy atom. The van der Waals surface area contributed by atoms with Gasteiger partial charge in [0.25, 0.3) is 0 Å². The highest BCUT2D eigenvalue weighted by atomic mass is 16.5. The molecule has 0 saturated carbocycles. The third kappa shape index (κ3) is 22.1. The molecule has 1 unspecified atom stereocenters. The standard InChI is InChI=1S/C30H57NO6/c1-3-5-7-9-11-13-15-17-19-21-23-31-27(32)25-30(36,26-28(33)34)29(35)37-24-22-20-18-16-14-12-10-8-6-4-2/h36H,3-26H2,1-2H3,(H,31,32)(H,33,34). The molecule has 1 atom stereocenters. The summed E-state index contributed by atoms with van der Waals surface area (Å²) in [6.45, 7) is 5.00. The van der Waals surface area contributed by atoms with Crippen LogP contribution in [0, 0.1) is 0 Å². The Kier molecular flexibility index (Phi) is 23.6. The van der Waals surface area contributed by atoms with E-state index in [9.17, 15) is 19.5 Å². The number of carbonyl (C=O) groups is 3. The average Bonchev–Trinajstić information content (AvgIpc) is 2.85. The van der Waals surface area contributed by atoms with E-state index in [0.29, 0.717) is 13.0 Å². The average molecular weight is 528 g/mol. The van der Waals surface area contributed by atoms with E-state index in [1.165, 1.54) is 83.5 Å². The van der Waals surface area contributed by atoms with Gasteiger partial charge in [-0.25, -0.2) is 4.79 Å². The van der Waals surface area contributed by atoms with Gasteiger partial charge in [-0.3, -0.25) is 9.59 Å². The van der Waals surface area contributed by atoms with Gasteiger partial charge in [0.1, 0.15) is 0 Å². The van der Waals surface area contributed by atoms with Crippen molar-refractivity contribution in [1.29, 1.82) is 0 Å². The van der Waals surface area contributed by atoms with Crippen LogP contribution in [0.15, 0.2) is 0 Å². The first-order valence-corrected chi connectivity index (χ1v) is 15.2. The molecule has 0 aromatic rings. The van der Waals surface area contributed by atoms with Crippen molar-refractivity contribution in [2.75, 3.05) is 13.2 Å². The molecule has 7 nitrogen and oxygen atoms in total. The van der Waals surface area contributed by atoms with Crippen molar-refractivity contribution in [3.63, 3.8) is 0 Å². The maximum Gasteiger partial charge on any atom is 0.339 e. The van der Waals surface area contributed by atoms with Crippen LogP contribution in [0.25, 0.3) is 0 Å². The zero-order chi connectivity index (χ0) is 27.6. The van der Waals surface area contributed by atoms with E-state index in [2.05, 4.69) is 19.2 Å². The van der Waals surface area contributed by atoms with Gasteiger partial charge in [-0.05, 0) is 12.8 Å². The molecule has 0 heterocycles. The lowest BCUT2D eigenvalue weighted by Gasteiger charge is -2.23. The summed E-state index contributed by atoms with van der Waals surface area (Å²) in [5.74, 6) is -2.91. The molecule has 0 radical (unpaired) electrons. The molecule has 0 rings (SSSR count). The first-order valence-electron chi connectivity index (χ1n) is 15.2. The molecular formula is C30H57NO6. The van der Waals surface area contributed by atoms with E-state index in [4.69, 9.17) is 9.84 Å². The minimum absolute atomic E-state index is 0.123. The molecule has 1 amide bonds. The van der Waals surface area contributed by atoms with Crippen molar-refractivity contribution in [1.82, 2.24) is 5.32 Å². The van der Waals surface area contributed by atoms with Gasteiger partial charge in [0, 0.05) is 6.54 Å². The van der Waals surface area contributed by atoms with E-state index >= 15 is 0 Å². The molecule has 7 heteroatoms. The fourth-order valence-corrected chi connectivity index (χ4v) is 4.51. The highest BCUT2D eigenvalue weighted by Gasteiger charge is 2.42. The largest absolute Gasteiger partial charge is 0.481 e. The molecule has 0 aromatic heterocycles. The maximum absolute atomic E-state index is 12.4. The van der Waals surface area contributed by atoms with E-state index in [1.807, 2.05) is 0 Å². The molecule has 218 valence electrons. The van der Waals surface area contributed by atoms with E-state index in [0.717, 1.165) is 38.5 Å². The third-order valence-corrected chi connectivity index (χ3v) is 6.86. The SMILES string of the molecule is CCCCCCCCCCCCNC(=O)CC(O)(CC(=O)O)C(=O)OCCCCCCCCCCCC. The van der Waals surface area contributed by atoms with Gasteiger partial charge in [-0.15, -0.1) is 0 Å². The van der Waals surface area contributed by atoms with Crippen LogP contribution in [-0.4, -0.2) is 46.8 Å². The Labute approximate surface area is 226 Å². The molecule has 0 aliphatic heterocycles. The zero-order valence-corrected chi connectivity index (χ0v) is 24.0. The van der Waals surface area contributed by atoms with Crippen LogP contribution < -0.4 is 5.32 Å². The van der Waals surface area contributed by atoms with Crippen LogP contribution >= 0.6 is 0 Å². The number of hydrogen-bond donors (Lipinski definition) is 3. The summed E-state index contributed by atoms with van der Waals surface area (Å²) >= 11 is 0. The lowest BCUT2D eigenvalue weighted by molar-refractivity contribution is -0.173. The Hall–Kier alpha value is -1.63. The number of amides is 1. The highest BCUT2D eigenvalue weighted by Crippen LogP contribution is 2.19. The lowest BCUT2D eigenvalue weighted by atomic mass is 9.95. The molecule has 0 saturated heterocycles. The van der Waals surface area contributed by atoms with Crippen molar-refractivity contribution in [2.45, 2.75) is 161 Å².